The molecule has 172 valence electrons. The normalized spacial score (nSPS) is 18.4. The van der Waals surface area contributed by atoms with E-state index in [0.717, 1.165) is 50.2 Å². The maximum atomic E-state index is 12.9. The van der Waals surface area contributed by atoms with Crippen molar-refractivity contribution in [2.75, 3.05) is 44.2 Å². The van der Waals surface area contributed by atoms with Gasteiger partial charge >= 0.3 is 0 Å². The minimum absolute atomic E-state index is 0.145. The summed E-state index contributed by atoms with van der Waals surface area (Å²) in [5, 5.41) is 0. The highest BCUT2D eigenvalue weighted by molar-refractivity contribution is 7.89. The van der Waals surface area contributed by atoms with Crippen molar-refractivity contribution in [1.29, 1.82) is 0 Å². The summed E-state index contributed by atoms with van der Waals surface area (Å²) >= 11 is 0. The number of amides is 1. The Morgan fingerprint density at radius 3 is 2.16 bits per heavy atom. The zero-order valence-corrected chi connectivity index (χ0v) is 19.3. The quantitative estimate of drug-likeness (QED) is 0.668. The number of hydrogen-bond acceptors (Lipinski definition) is 5. The minimum atomic E-state index is -3.43. The van der Waals surface area contributed by atoms with Crippen LogP contribution in [-0.2, 0) is 21.2 Å². The Bertz CT molecular complexity index is 980. The Morgan fingerprint density at radius 1 is 0.844 bits per heavy atom. The summed E-state index contributed by atoms with van der Waals surface area (Å²) in [6.45, 7) is 4.17. The van der Waals surface area contributed by atoms with E-state index in [1.54, 1.807) is 22.6 Å². The minimum Gasteiger partial charge on any atom is -0.353 e. The van der Waals surface area contributed by atoms with Gasteiger partial charge in [-0.3, -0.25) is 4.79 Å². The first-order chi connectivity index (χ1) is 15.5. The van der Waals surface area contributed by atoms with E-state index in [9.17, 15) is 13.2 Å². The van der Waals surface area contributed by atoms with E-state index in [1.165, 1.54) is 0 Å². The molecule has 2 saturated heterocycles. The second-order valence-electron chi connectivity index (χ2n) is 8.52. The molecule has 0 saturated carbocycles. The second-order valence-corrected chi connectivity index (χ2v) is 10.5. The third kappa shape index (κ3) is 5.48. The Balaban J connectivity index is 1.27. The molecule has 7 nitrogen and oxygen atoms in total. The summed E-state index contributed by atoms with van der Waals surface area (Å²) < 4.78 is 27.4. The molecule has 32 heavy (non-hydrogen) atoms. The van der Waals surface area contributed by atoms with Gasteiger partial charge in [0.2, 0.25) is 15.9 Å². The Labute approximate surface area is 191 Å². The van der Waals surface area contributed by atoms with Crippen molar-refractivity contribution in [1.82, 2.24) is 14.2 Å². The number of pyridine rings is 1. The maximum absolute atomic E-state index is 12.9. The van der Waals surface area contributed by atoms with Crippen LogP contribution in [0.4, 0.5) is 5.82 Å². The van der Waals surface area contributed by atoms with Gasteiger partial charge in [0.05, 0.1) is 4.90 Å². The zero-order chi connectivity index (χ0) is 22.4. The summed E-state index contributed by atoms with van der Waals surface area (Å²) in [6.07, 6.45) is 6.88. The molecule has 1 amide bonds. The van der Waals surface area contributed by atoms with Crippen molar-refractivity contribution in [3.8, 4) is 0 Å². The molecule has 8 heteroatoms. The van der Waals surface area contributed by atoms with Crippen LogP contribution in [0.25, 0.3) is 0 Å². The fourth-order valence-electron chi connectivity index (χ4n) is 4.39. The van der Waals surface area contributed by atoms with E-state index in [0.29, 0.717) is 43.9 Å². The van der Waals surface area contributed by atoms with Gasteiger partial charge in [0, 0.05) is 51.9 Å². The Hall–Kier alpha value is -2.45. The lowest BCUT2D eigenvalue weighted by Gasteiger charge is -2.35. The van der Waals surface area contributed by atoms with Crippen LogP contribution in [0, 0.1) is 0 Å². The molecule has 2 fully saturated rings. The monoisotopic (exact) mass is 456 g/mol. The molecule has 0 atom stereocenters. The van der Waals surface area contributed by atoms with E-state index < -0.39 is 10.0 Å². The summed E-state index contributed by atoms with van der Waals surface area (Å²) in [5.74, 6) is 1.10. The van der Waals surface area contributed by atoms with Crippen molar-refractivity contribution in [3.05, 3.63) is 54.2 Å². The van der Waals surface area contributed by atoms with Crippen molar-refractivity contribution in [3.63, 3.8) is 0 Å². The van der Waals surface area contributed by atoms with Crippen LogP contribution in [0.3, 0.4) is 0 Å². The fourth-order valence-corrected chi connectivity index (χ4v) is 5.91. The molecule has 2 aromatic rings. The molecule has 2 aliphatic heterocycles. The fraction of sp³-hybridized carbons (Fsp3) is 0.500. The molecule has 0 N–H and O–H groups in total. The number of anilines is 1. The number of nitrogens with zero attached hydrogens (tertiary/aromatic N) is 4. The molecule has 1 aromatic heterocycles. The van der Waals surface area contributed by atoms with E-state index in [-0.39, 0.29) is 5.91 Å². The topological polar surface area (TPSA) is 73.8 Å². The van der Waals surface area contributed by atoms with Gasteiger partial charge < -0.3 is 9.80 Å². The maximum Gasteiger partial charge on any atom is 0.243 e. The molecule has 0 spiro atoms. The number of benzene rings is 1. The summed E-state index contributed by atoms with van der Waals surface area (Å²) in [6, 6.07) is 12.9. The average Bonchev–Trinajstić information content (AvgIpc) is 3.14. The zero-order valence-electron chi connectivity index (χ0n) is 18.5. The molecule has 0 radical (unpaired) electrons. The number of sulfonamides is 1. The van der Waals surface area contributed by atoms with Gasteiger partial charge in [-0.1, -0.05) is 31.0 Å². The SMILES string of the molecule is O=C(CCc1ccc(S(=O)(=O)N2CCCCCC2)cc1)N1CCN(c2ccccn2)CC1. The number of piperazine rings is 1. The van der Waals surface area contributed by atoms with Gasteiger partial charge in [0.1, 0.15) is 5.82 Å². The molecule has 4 rings (SSSR count). The number of aryl methyl sites for hydroxylation is 1. The van der Waals surface area contributed by atoms with Gasteiger partial charge in [-0.25, -0.2) is 13.4 Å². The van der Waals surface area contributed by atoms with Crippen LogP contribution in [-0.4, -0.2) is 67.8 Å². The van der Waals surface area contributed by atoms with E-state index >= 15 is 0 Å². The molecular weight excluding hydrogens is 424 g/mol. The van der Waals surface area contributed by atoms with Crippen molar-refractivity contribution in [2.45, 2.75) is 43.4 Å². The van der Waals surface area contributed by atoms with Crippen LogP contribution in [0.15, 0.2) is 53.6 Å². The number of hydrogen-bond donors (Lipinski definition) is 0. The Morgan fingerprint density at radius 2 is 1.53 bits per heavy atom. The molecule has 0 bridgehead atoms. The molecule has 0 unspecified atom stereocenters. The molecule has 2 aliphatic rings. The number of rotatable bonds is 6. The third-order valence-electron chi connectivity index (χ3n) is 6.36. The molecular formula is C24H32N4O3S. The first kappa shape index (κ1) is 22.7. The van der Waals surface area contributed by atoms with E-state index in [1.807, 2.05) is 35.2 Å². The van der Waals surface area contributed by atoms with Crippen LogP contribution in [0.2, 0.25) is 0 Å². The lowest BCUT2D eigenvalue weighted by molar-refractivity contribution is -0.131. The Kier molecular flexibility index (Phi) is 7.42. The van der Waals surface area contributed by atoms with E-state index in [2.05, 4.69) is 9.88 Å². The first-order valence-corrected chi connectivity index (χ1v) is 13.0. The first-order valence-electron chi connectivity index (χ1n) is 11.6. The lowest BCUT2D eigenvalue weighted by atomic mass is 10.1. The van der Waals surface area contributed by atoms with Crippen molar-refractivity contribution < 1.29 is 13.2 Å². The van der Waals surface area contributed by atoms with Crippen molar-refractivity contribution in [2.24, 2.45) is 0 Å². The summed E-state index contributed by atoms with van der Waals surface area (Å²) in [7, 11) is -3.43. The van der Waals surface area contributed by atoms with Gasteiger partial charge in [-0.05, 0) is 49.1 Å². The van der Waals surface area contributed by atoms with Gasteiger partial charge in [0.25, 0.3) is 0 Å². The van der Waals surface area contributed by atoms with E-state index in [4.69, 9.17) is 0 Å². The highest BCUT2D eigenvalue weighted by Gasteiger charge is 2.25. The smallest absolute Gasteiger partial charge is 0.243 e. The number of carbonyl (C=O) groups is 1. The number of aromatic nitrogens is 1. The van der Waals surface area contributed by atoms with Crippen molar-refractivity contribution >= 4 is 21.7 Å². The van der Waals surface area contributed by atoms with Crippen LogP contribution < -0.4 is 4.90 Å². The predicted molar refractivity (Wildman–Crippen MR) is 125 cm³/mol. The average molecular weight is 457 g/mol. The van der Waals surface area contributed by atoms with Crippen LogP contribution in [0.5, 0.6) is 0 Å². The summed E-state index contributed by atoms with van der Waals surface area (Å²) in [4.78, 5) is 21.5. The van der Waals surface area contributed by atoms with Crippen LogP contribution >= 0.6 is 0 Å². The van der Waals surface area contributed by atoms with Gasteiger partial charge in [-0.2, -0.15) is 4.31 Å². The molecule has 1 aromatic carbocycles. The highest BCUT2D eigenvalue weighted by Crippen LogP contribution is 2.21. The molecule has 0 aliphatic carbocycles. The molecule has 3 heterocycles. The largest absolute Gasteiger partial charge is 0.353 e. The number of carbonyl (C=O) groups excluding carboxylic acids is 1. The third-order valence-corrected chi connectivity index (χ3v) is 8.27. The summed E-state index contributed by atoms with van der Waals surface area (Å²) in [5.41, 5.74) is 0.986. The lowest BCUT2D eigenvalue weighted by Crippen LogP contribution is -2.49. The van der Waals surface area contributed by atoms with Crippen LogP contribution in [0.1, 0.15) is 37.7 Å². The predicted octanol–water partition coefficient (Wildman–Crippen LogP) is 2.93. The standard InChI is InChI=1S/C24H32N4O3S/c29-24(27-19-17-26(18-20-27)23-7-3-4-14-25-23)13-10-21-8-11-22(12-9-21)32(30,31)28-15-5-1-2-6-16-28/h3-4,7-9,11-12,14H,1-2,5-6,10,13,15-20H2. The van der Waals surface area contributed by atoms with Gasteiger partial charge in [-0.15, -0.1) is 0 Å². The highest BCUT2D eigenvalue weighted by atomic mass is 32.2. The van der Waals surface area contributed by atoms with Gasteiger partial charge in [0.15, 0.2) is 0 Å². The second kappa shape index (κ2) is 10.4.